The number of rotatable bonds is 33. The number of carbonyl (C=O) groups excluding carboxylic acids is 1. The molecule has 0 aromatic heterocycles. The van der Waals surface area contributed by atoms with Gasteiger partial charge in [0.15, 0.2) is 25.0 Å². The van der Waals surface area contributed by atoms with Crippen LogP contribution in [0.2, 0.25) is 64.0 Å². The summed E-state index contributed by atoms with van der Waals surface area (Å²) in [6, 6.07) is 13.1. The zero-order valence-corrected chi connectivity index (χ0v) is 48.2. The van der Waals surface area contributed by atoms with Gasteiger partial charge in [0.1, 0.15) is 5.78 Å². The molecule has 8 nitrogen and oxygen atoms in total. The summed E-state index contributed by atoms with van der Waals surface area (Å²) < 4.78 is 34.2. The Morgan fingerprint density at radius 3 is 1.67 bits per heavy atom. The molecule has 0 aliphatic rings. The van der Waals surface area contributed by atoms with Gasteiger partial charge in [-0.15, -0.1) is 0 Å². The van der Waals surface area contributed by atoms with Crippen LogP contribution in [0.3, 0.4) is 0 Å². The van der Waals surface area contributed by atoms with Crippen LogP contribution in [0.5, 0.6) is 0 Å². The van der Waals surface area contributed by atoms with Gasteiger partial charge in [-0.25, -0.2) is 0 Å². The lowest BCUT2D eigenvalue weighted by Crippen LogP contribution is -2.50. The maximum Gasteiger partial charge on any atom is 0.340 e. The van der Waals surface area contributed by atoms with Crippen LogP contribution in [0.25, 0.3) is 0 Å². The van der Waals surface area contributed by atoms with Crippen LogP contribution in [-0.4, -0.2) is 86.8 Å². The molecule has 2 N–H and O–H groups in total. The van der Waals surface area contributed by atoms with E-state index in [0.29, 0.717) is 62.1 Å². The van der Waals surface area contributed by atoms with Crippen LogP contribution in [0, 0.1) is 5.92 Å². The molecule has 0 saturated heterocycles. The van der Waals surface area contributed by atoms with E-state index in [9.17, 15) is 14.7 Å². The summed E-state index contributed by atoms with van der Waals surface area (Å²) in [6.07, 6.45) is 0.297. The van der Waals surface area contributed by atoms with Gasteiger partial charge in [-0.05, 0) is 101 Å². The molecule has 0 bridgehead atoms. The van der Waals surface area contributed by atoms with Gasteiger partial charge in [-0.1, -0.05) is 160 Å². The van der Waals surface area contributed by atoms with Crippen molar-refractivity contribution in [3.8, 4) is 0 Å². The van der Waals surface area contributed by atoms with E-state index < -0.39 is 45.7 Å². The molecule has 1 aromatic carbocycles. The van der Waals surface area contributed by atoms with Gasteiger partial charge in [0.2, 0.25) is 0 Å². The van der Waals surface area contributed by atoms with E-state index in [1.807, 2.05) is 45.9 Å². The van der Waals surface area contributed by atoms with Crippen molar-refractivity contribution in [3.63, 3.8) is 0 Å². The first-order valence-electron chi connectivity index (χ1n) is 24.9. The van der Waals surface area contributed by atoms with Crippen LogP contribution < -0.4 is 0 Å². The van der Waals surface area contributed by atoms with Crippen molar-refractivity contribution in [1.29, 1.82) is 0 Å². The number of Topliss-reactive ketones (excluding diaryl/α,β-unsaturated/α-hetero) is 1. The number of benzene rings is 1. The summed E-state index contributed by atoms with van der Waals surface area (Å²) in [4.78, 5) is 26.2. The average Bonchev–Trinajstić information content (AvgIpc) is 3.17. The highest BCUT2D eigenvalue weighted by Gasteiger charge is 2.47. The van der Waals surface area contributed by atoms with Crippen LogP contribution in [0.15, 0.2) is 42.5 Å². The van der Waals surface area contributed by atoms with Gasteiger partial charge in [0, 0.05) is 26.1 Å². The van der Waals surface area contributed by atoms with E-state index in [0.717, 1.165) is 29.3 Å². The van der Waals surface area contributed by atoms with E-state index in [2.05, 4.69) is 122 Å². The van der Waals surface area contributed by atoms with Crippen molar-refractivity contribution in [2.24, 2.45) is 5.92 Å². The lowest BCUT2D eigenvalue weighted by Gasteiger charge is -2.43. The Labute approximate surface area is 393 Å². The highest BCUT2D eigenvalue weighted by Crippen LogP contribution is 2.43. The second-order valence-corrected chi connectivity index (χ2v) is 41.1. The van der Waals surface area contributed by atoms with Gasteiger partial charge in [-0.2, -0.15) is 0 Å². The molecule has 0 saturated carbocycles. The van der Waals surface area contributed by atoms with Gasteiger partial charge in [-0.3, -0.25) is 4.79 Å². The van der Waals surface area contributed by atoms with Gasteiger partial charge in [0.05, 0.1) is 31.0 Å². The predicted octanol–water partition coefficient (Wildman–Crippen LogP) is 14.3. The second kappa shape index (κ2) is 27.3. The van der Waals surface area contributed by atoms with Crippen LogP contribution >= 0.6 is 0 Å². The fourth-order valence-electron chi connectivity index (χ4n) is 9.36. The molecule has 0 fully saturated rings. The second-order valence-electron chi connectivity index (χ2n) is 22.1. The number of hydrogen-bond donors (Lipinski definition) is 2. The molecular weight excluding hydrogens is 853 g/mol. The molecule has 5 atom stereocenters. The minimum absolute atomic E-state index is 0.0195. The molecule has 0 aliphatic carbocycles. The van der Waals surface area contributed by atoms with E-state index in [1.54, 1.807) is 0 Å². The summed E-state index contributed by atoms with van der Waals surface area (Å²) in [7, 11) is -9.62. The SMILES string of the molecule is C=C(C[C@@H](C[C@H](O)CC(=O)C[C@H](C[C@H](CCOCc1ccccc1)O[Si](O)(C(C)C)C(C)C)O[Si](C)(C)C(C)(C)C)O[Si](CC)(CC)CC)[C@@H](C)CO[Si](C(C)C)(C(C)C)C(C)C. The number of ether oxygens (including phenoxy) is 1. The Balaban J connectivity index is 3.40. The number of aliphatic hydroxyl groups excluding tert-OH is 1. The lowest BCUT2D eigenvalue weighted by molar-refractivity contribution is -0.123. The minimum Gasteiger partial charge on any atom is -0.415 e. The Bertz CT molecular complexity index is 1400. The average molecular weight is 954 g/mol. The predicted molar refractivity (Wildman–Crippen MR) is 277 cm³/mol. The molecule has 1 aromatic rings. The Kier molecular flexibility index (Phi) is 26.1. The van der Waals surface area contributed by atoms with Crippen molar-refractivity contribution >= 4 is 39.3 Å². The maximum atomic E-state index is 14.2. The van der Waals surface area contributed by atoms with Crippen molar-refractivity contribution in [3.05, 3.63) is 48.0 Å². The fourth-order valence-corrected chi connectivity index (χ4v) is 21.8. The normalized spacial score (nSPS) is 16.0. The molecule has 368 valence electrons. The number of hydrogen-bond acceptors (Lipinski definition) is 8. The summed E-state index contributed by atoms with van der Waals surface area (Å²) >= 11 is 0. The third-order valence-electron chi connectivity index (χ3n) is 14.8. The zero-order chi connectivity index (χ0) is 48.6. The molecule has 63 heavy (non-hydrogen) atoms. The Morgan fingerprint density at radius 2 is 1.21 bits per heavy atom. The van der Waals surface area contributed by atoms with E-state index in [-0.39, 0.29) is 52.9 Å². The summed E-state index contributed by atoms with van der Waals surface area (Å²) in [5.41, 5.74) is 3.65. The van der Waals surface area contributed by atoms with Crippen LogP contribution in [-0.2, 0) is 33.8 Å². The maximum absolute atomic E-state index is 14.2. The Hall–Kier alpha value is -0.782. The van der Waals surface area contributed by atoms with E-state index in [4.69, 9.17) is 22.4 Å². The smallest absolute Gasteiger partial charge is 0.340 e. The molecule has 0 aliphatic heterocycles. The van der Waals surface area contributed by atoms with Crippen molar-refractivity contribution in [2.45, 2.75) is 251 Å². The van der Waals surface area contributed by atoms with E-state index >= 15 is 0 Å². The van der Waals surface area contributed by atoms with Crippen LogP contribution in [0.1, 0.15) is 162 Å². The summed E-state index contributed by atoms with van der Waals surface area (Å²) in [5.74, 6) is 0.102. The molecule has 0 amide bonds. The third kappa shape index (κ3) is 18.7. The molecule has 1 rings (SSSR count). The largest absolute Gasteiger partial charge is 0.415 e. The highest BCUT2D eigenvalue weighted by molar-refractivity contribution is 6.77. The van der Waals surface area contributed by atoms with Crippen LogP contribution in [0.4, 0.5) is 0 Å². The number of carbonyl (C=O) groups is 1. The Morgan fingerprint density at radius 1 is 0.698 bits per heavy atom. The van der Waals surface area contributed by atoms with Crippen molar-refractivity contribution < 1.29 is 37.1 Å². The first-order valence-corrected chi connectivity index (χ1v) is 34.5. The lowest BCUT2D eigenvalue weighted by atomic mass is 9.94. The van der Waals surface area contributed by atoms with Gasteiger partial charge >= 0.3 is 8.56 Å². The summed E-state index contributed by atoms with van der Waals surface area (Å²) in [5, 5.41) is 11.7. The van der Waals surface area contributed by atoms with Crippen molar-refractivity contribution in [2.75, 3.05) is 13.2 Å². The molecule has 0 unspecified atom stereocenters. The first-order chi connectivity index (χ1) is 29.1. The molecular formula is C51H100O8Si4. The zero-order valence-electron chi connectivity index (χ0n) is 44.2. The monoisotopic (exact) mass is 953 g/mol. The topological polar surface area (TPSA) is 104 Å². The standard InChI is InChI=1S/C51H100O8Si4/c1-21-61(22-2,23-3)58-49(31-43(14)44(15)36-56-62(38(4)5,39(6)7)40(8)9)33-46(52)32-47(53)34-50(57-60(19,20)51(16,17)18)35-48(59-63(54,41(10)11)42(12)13)29-30-55-37-45-27-25-24-26-28-45/h24-28,38-42,44,46,48-50,52,54H,14,21-23,29-37H2,1-13,15-20H3/t44-,46+,48-,49-,50+/m0/s1. The molecule has 0 spiro atoms. The first kappa shape index (κ1) is 60.2. The third-order valence-corrected chi connectivity index (χ3v) is 34.1. The van der Waals surface area contributed by atoms with Gasteiger partial charge < -0.3 is 32.3 Å². The highest BCUT2D eigenvalue weighted by atomic mass is 28.4. The number of ketones is 1. The van der Waals surface area contributed by atoms with Gasteiger partial charge in [0.25, 0.3) is 0 Å². The molecule has 0 heterocycles. The van der Waals surface area contributed by atoms with E-state index in [1.165, 1.54) is 0 Å². The quantitative estimate of drug-likeness (QED) is 0.0408. The van der Waals surface area contributed by atoms with Crippen molar-refractivity contribution in [1.82, 2.24) is 0 Å². The fraction of sp³-hybridized carbons (Fsp3) is 0.824. The summed E-state index contributed by atoms with van der Waals surface area (Å²) in [6.45, 7) is 48.2. The number of aliphatic hydroxyl groups is 1. The minimum atomic E-state index is -3.17. The molecule has 12 heteroatoms. The molecule has 0 radical (unpaired) electrons.